The maximum atomic E-state index is 11.9. The lowest BCUT2D eigenvalue weighted by atomic mass is 9.45. The second-order valence-corrected chi connectivity index (χ2v) is 9.32. The van der Waals surface area contributed by atoms with Crippen molar-refractivity contribution >= 4 is 11.9 Å². The van der Waals surface area contributed by atoms with Gasteiger partial charge >= 0.3 is 0 Å². The average molecular weight is 375 g/mol. The summed E-state index contributed by atoms with van der Waals surface area (Å²) in [4.78, 5) is 17.5. The van der Waals surface area contributed by atoms with Crippen LogP contribution in [0.3, 0.4) is 0 Å². The van der Waals surface area contributed by atoms with Gasteiger partial charge in [0.2, 0.25) is 0 Å². The molecule has 4 rings (SSSR count). The third-order valence-corrected chi connectivity index (χ3v) is 8.80. The number of nitrogens with one attached hydrogen (secondary N) is 2. The summed E-state index contributed by atoms with van der Waals surface area (Å²) >= 11 is 0. The highest BCUT2D eigenvalue weighted by Crippen LogP contribution is 2.75. The first-order chi connectivity index (χ1) is 12.9. The van der Waals surface area contributed by atoms with Crippen LogP contribution in [-0.2, 0) is 4.79 Å². The third kappa shape index (κ3) is 2.32. The summed E-state index contributed by atoms with van der Waals surface area (Å²) in [6.07, 6.45) is 6.11. The SMILES string of the molecule is CN=C(N)[NH+]1CCC(CNC)C2(C1)C1CCC(C)C23CCC(C(=O)[O-])=C3C1. The zero-order chi connectivity index (χ0) is 19.4. The molecule has 4 aliphatic rings. The van der Waals surface area contributed by atoms with Crippen LogP contribution in [0.4, 0.5) is 0 Å². The van der Waals surface area contributed by atoms with E-state index in [0.717, 1.165) is 38.9 Å². The number of likely N-dealkylation sites (tertiary alicyclic amines) is 1. The van der Waals surface area contributed by atoms with Crippen molar-refractivity contribution in [2.24, 2.45) is 39.3 Å². The summed E-state index contributed by atoms with van der Waals surface area (Å²) in [5, 5.41) is 15.4. The second-order valence-electron chi connectivity index (χ2n) is 9.32. The Morgan fingerprint density at radius 1 is 1.41 bits per heavy atom. The van der Waals surface area contributed by atoms with Gasteiger partial charge in [0.1, 0.15) is 0 Å². The van der Waals surface area contributed by atoms with Crippen molar-refractivity contribution in [2.75, 3.05) is 33.7 Å². The number of hydrogen-bond donors (Lipinski definition) is 3. The number of carbonyl (C=O) groups excluding carboxylic acids is 1. The number of carboxylic acids is 1. The summed E-state index contributed by atoms with van der Waals surface area (Å²) in [6.45, 7) is 5.36. The Balaban J connectivity index is 1.88. The van der Waals surface area contributed by atoms with E-state index in [-0.39, 0.29) is 10.8 Å². The Labute approximate surface area is 162 Å². The number of guanidine groups is 1. The van der Waals surface area contributed by atoms with Crippen molar-refractivity contribution in [1.82, 2.24) is 5.32 Å². The van der Waals surface area contributed by atoms with E-state index < -0.39 is 5.97 Å². The van der Waals surface area contributed by atoms with Gasteiger partial charge in [0, 0.05) is 24.3 Å². The molecule has 6 unspecified atom stereocenters. The molecule has 150 valence electrons. The Hall–Kier alpha value is -1.40. The number of allylic oxidation sites excluding steroid dienone is 1. The summed E-state index contributed by atoms with van der Waals surface area (Å²) < 4.78 is 0. The van der Waals surface area contributed by atoms with Gasteiger partial charge in [0.15, 0.2) is 0 Å². The quantitative estimate of drug-likeness (QED) is 0.451. The molecule has 3 fully saturated rings. The molecule has 0 amide bonds. The minimum absolute atomic E-state index is 0.00648. The van der Waals surface area contributed by atoms with Gasteiger partial charge in [-0.3, -0.25) is 4.90 Å². The van der Waals surface area contributed by atoms with Crippen LogP contribution in [0.15, 0.2) is 16.1 Å². The first-order valence-corrected chi connectivity index (χ1v) is 10.6. The molecule has 6 atom stereocenters. The molecule has 2 bridgehead atoms. The van der Waals surface area contributed by atoms with Crippen LogP contribution in [0.25, 0.3) is 0 Å². The fourth-order valence-corrected chi connectivity index (χ4v) is 7.89. The minimum atomic E-state index is -0.934. The lowest BCUT2D eigenvalue weighted by molar-refractivity contribution is -0.828. The topological polar surface area (TPSA) is 95.0 Å². The molecule has 6 nitrogen and oxygen atoms in total. The predicted octanol–water partition coefficient (Wildman–Crippen LogP) is -0.682. The number of quaternary nitrogens is 1. The third-order valence-electron chi connectivity index (χ3n) is 8.80. The van der Waals surface area contributed by atoms with Crippen LogP contribution in [0.5, 0.6) is 0 Å². The Morgan fingerprint density at radius 3 is 2.85 bits per heavy atom. The summed E-state index contributed by atoms with van der Waals surface area (Å²) in [6, 6.07) is 0. The number of carboxylic acid groups (broad SMARTS) is 1. The number of carbonyl (C=O) groups is 1. The number of aliphatic imine (C=N–C) groups is 1. The van der Waals surface area contributed by atoms with Gasteiger partial charge in [-0.1, -0.05) is 12.5 Å². The lowest BCUT2D eigenvalue weighted by Gasteiger charge is -2.60. The van der Waals surface area contributed by atoms with Crippen molar-refractivity contribution in [3.63, 3.8) is 0 Å². The molecule has 2 spiro atoms. The highest BCUT2D eigenvalue weighted by atomic mass is 16.4. The largest absolute Gasteiger partial charge is 0.545 e. The molecule has 0 aromatic heterocycles. The van der Waals surface area contributed by atoms with Gasteiger partial charge < -0.3 is 21.0 Å². The van der Waals surface area contributed by atoms with Crippen molar-refractivity contribution in [2.45, 2.75) is 45.4 Å². The van der Waals surface area contributed by atoms with Gasteiger partial charge in [-0.2, -0.15) is 0 Å². The van der Waals surface area contributed by atoms with E-state index in [1.165, 1.54) is 23.3 Å². The van der Waals surface area contributed by atoms with E-state index in [9.17, 15) is 9.90 Å². The van der Waals surface area contributed by atoms with E-state index in [4.69, 9.17) is 5.73 Å². The summed E-state index contributed by atoms with van der Waals surface area (Å²) in [5.41, 5.74) is 8.28. The van der Waals surface area contributed by atoms with Crippen LogP contribution in [0.1, 0.15) is 45.4 Å². The van der Waals surface area contributed by atoms with Gasteiger partial charge in [0.25, 0.3) is 5.96 Å². The number of piperidine rings is 1. The Bertz CT molecular complexity index is 702. The van der Waals surface area contributed by atoms with Crippen molar-refractivity contribution in [3.8, 4) is 0 Å². The highest BCUT2D eigenvalue weighted by Gasteiger charge is 2.72. The van der Waals surface area contributed by atoms with Crippen molar-refractivity contribution in [3.05, 3.63) is 11.1 Å². The fraction of sp³-hybridized carbons (Fsp3) is 0.810. The highest BCUT2D eigenvalue weighted by molar-refractivity contribution is 5.87. The summed E-state index contributed by atoms with van der Waals surface area (Å²) in [7, 11) is 3.82. The van der Waals surface area contributed by atoms with Crippen LogP contribution in [-0.4, -0.2) is 45.7 Å². The second kappa shape index (κ2) is 6.59. The zero-order valence-electron chi connectivity index (χ0n) is 16.9. The smallest absolute Gasteiger partial charge is 0.293 e. The van der Waals surface area contributed by atoms with Gasteiger partial charge in [-0.05, 0) is 69.0 Å². The standard InChI is InChI=1S/C21H34N4O2/c1-13-4-5-14-10-17-16(18(26)27)6-8-20(13,17)21(14)12-25(19(22)24-3)9-7-15(21)11-23-2/h13-15,23H,4-12H2,1-3H3,(H2,22,24)(H,26,27). The van der Waals surface area contributed by atoms with E-state index in [1.807, 2.05) is 7.05 Å². The van der Waals surface area contributed by atoms with Gasteiger partial charge in [-0.25, -0.2) is 4.99 Å². The molecule has 4 N–H and O–H groups in total. The lowest BCUT2D eigenvalue weighted by Crippen LogP contribution is -3.19. The van der Waals surface area contributed by atoms with E-state index in [2.05, 4.69) is 17.2 Å². The molecule has 6 heteroatoms. The van der Waals surface area contributed by atoms with E-state index >= 15 is 0 Å². The number of nitrogens with zero attached hydrogens (tertiary/aromatic N) is 1. The van der Waals surface area contributed by atoms with Crippen LogP contribution < -0.4 is 21.1 Å². The number of hydrogen-bond acceptors (Lipinski definition) is 4. The number of rotatable bonds is 3. The molecule has 1 saturated heterocycles. The van der Waals surface area contributed by atoms with Crippen LogP contribution >= 0.6 is 0 Å². The zero-order valence-corrected chi connectivity index (χ0v) is 16.9. The van der Waals surface area contributed by atoms with E-state index in [0.29, 0.717) is 35.7 Å². The maximum absolute atomic E-state index is 11.9. The monoisotopic (exact) mass is 374 g/mol. The molecule has 1 heterocycles. The molecule has 0 aromatic rings. The molecular formula is C21H34N4O2. The Morgan fingerprint density at radius 2 is 2.19 bits per heavy atom. The summed E-state index contributed by atoms with van der Waals surface area (Å²) in [5.74, 6) is 1.40. The number of nitrogens with two attached hydrogens (primary N) is 1. The molecule has 0 aromatic carbocycles. The van der Waals surface area contributed by atoms with Gasteiger partial charge in [0.05, 0.1) is 19.1 Å². The van der Waals surface area contributed by atoms with Crippen molar-refractivity contribution < 1.29 is 14.8 Å². The molecule has 27 heavy (non-hydrogen) atoms. The maximum Gasteiger partial charge on any atom is 0.293 e. The minimum Gasteiger partial charge on any atom is -0.545 e. The first-order valence-electron chi connectivity index (χ1n) is 10.6. The van der Waals surface area contributed by atoms with Crippen molar-refractivity contribution in [1.29, 1.82) is 0 Å². The first kappa shape index (κ1) is 18.9. The fourth-order valence-electron chi connectivity index (χ4n) is 7.89. The number of aliphatic carboxylic acids is 1. The van der Waals surface area contributed by atoms with Crippen LogP contribution in [0.2, 0.25) is 0 Å². The molecule has 1 aliphatic heterocycles. The molecular weight excluding hydrogens is 340 g/mol. The molecule has 2 saturated carbocycles. The van der Waals surface area contributed by atoms with Gasteiger partial charge in [-0.15, -0.1) is 0 Å². The van der Waals surface area contributed by atoms with E-state index in [1.54, 1.807) is 7.05 Å². The van der Waals surface area contributed by atoms with Crippen LogP contribution in [0, 0.1) is 28.6 Å². The average Bonchev–Trinajstić information content (AvgIpc) is 3.10. The normalized spacial score (nSPS) is 44.0. The molecule has 3 aliphatic carbocycles. The Kier molecular flexibility index (Phi) is 4.62. The predicted molar refractivity (Wildman–Crippen MR) is 103 cm³/mol. The molecule has 0 radical (unpaired) electrons.